The Labute approximate surface area is 257 Å². The quantitative estimate of drug-likeness (QED) is 0.127. The monoisotopic (exact) mass is 640 g/mol. The van der Waals surface area contributed by atoms with Gasteiger partial charge in [0, 0.05) is 21.0 Å². The highest BCUT2D eigenvalue weighted by atomic mass is 79.9. The first-order valence-corrected chi connectivity index (χ1v) is 15.0. The van der Waals surface area contributed by atoms with Crippen LogP contribution in [0, 0.1) is 17.8 Å². The summed E-state index contributed by atoms with van der Waals surface area (Å²) in [7, 11) is 1.54. The Hall–Kier alpha value is -4.37. The number of aromatic nitrogens is 1. The number of anilines is 1. The van der Waals surface area contributed by atoms with E-state index in [2.05, 4.69) is 22.9 Å². The molecule has 3 aromatic carbocycles. The molecule has 1 aliphatic carbocycles. The van der Waals surface area contributed by atoms with E-state index in [0.29, 0.717) is 45.1 Å². The van der Waals surface area contributed by atoms with E-state index in [0.717, 1.165) is 23.7 Å². The van der Waals surface area contributed by atoms with Gasteiger partial charge in [-0.05, 0) is 85.8 Å². The first-order valence-electron chi connectivity index (χ1n) is 14.2. The zero-order chi connectivity index (χ0) is 30.2. The number of nitrogens with zero attached hydrogens (tertiary/aromatic N) is 2. The lowest BCUT2D eigenvalue weighted by Crippen LogP contribution is -2.30. The number of ketones is 1. The topological polar surface area (TPSA) is 103 Å². The minimum absolute atomic E-state index is 0.127. The van der Waals surface area contributed by atoms with Gasteiger partial charge >= 0.3 is 5.97 Å². The van der Waals surface area contributed by atoms with Gasteiger partial charge in [0.1, 0.15) is 5.75 Å². The maximum Gasteiger partial charge on any atom is 0.339 e. The molecule has 8 nitrogen and oxygen atoms in total. The molecule has 218 valence electrons. The summed E-state index contributed by atoms with van der Waals surface area (Å²) in [4.78, 5) is 58.4. The van der Waals surface area contributed by atoms with Crippen LogP contribution >= 0.6 is 15.9 Å². The number of Topliss-reactive ketones (excluding diaryl/α,β-unsaturated/α-hetero) is 1. The van der Waals surface area contributed by atoms with Crippen LogP contribution in [0.5, 0.6) is 5.75 Å². The minimum atomic E-state index is -0.657. The Morgan fingerprint density at radius 2 is 1.65 bits per heavy atom. The fourth-order valence-electron chi connectivity index (χ4n) is 6.01. The van der Waals surface area contributed by atoms with Crippen LogP contribution in [0.2, 0.25) is 0 Å². The van der Waals surface area contributed by atoms with Gasteiger partial charge in [0.05, 0.1) is 41.4 Å². The van der Waals surface area contributed by atoms with Gasteiger partial charge in [0.25, 0.3) is 0 Å². The molecular weight excluding hydrogens is 612 g/mol. The van der Waals surface area contributed by atoms with E-state index in [9.17, 15) is 19.2 Å². The summed E-state index contributed by atoms with van der Waals surface area (Å²) >= 11 is 3.46. The summed E-state index contributed by atoms with van der Waals surface area (Å²) in [5, 5.41) is 0.571. The number of hydrogen-bond donors (Lipinski definition) is 0. The first kappa shape index (κ1) is 28.7. The van der Waals surface area contributed by atoms with Crippen LogP contribution in [0.1, 0.15) is 46.9 Å². The second kappa shape index (κ2) is 11.7. The van der Waals surface area contributed by atoms with E-state index in [1.165, 1.54) is 4.90 Å². The van der Waals surface area contributed by atoms with Crippen LogP contribution < -0.4 is 9.64 Å². The summed E-state index contributed by atoms with van der Waals surface area (Å²) in [5.74, 6) is -0.689. The number of rotatable bonds is 7. The molecule has 43 heavy (non-hydrogen) atoms. The van der Waals surface area contributed by atoms with E-state index in [1.54, 1.807) is 73.8 Å². The van der Waals surface area contributed by atoms with Gasteiger partial charge in [-0.1, -0.05) is 35.0 Å². The maximum absolute atomic E-state index is 13.3. The summed E-state index contributed by atoms with van der Waals surface area (Å²) in [6.07, 6.45) is 2.44. The minimum Gasteiger partial charge on any atom is -0.497 e. The number of hydrogen-bond acceptors (Lipinski definition) is 7. The first-order chi connectivity index (χ1) is 20.7. The summed E-state index contributed by atoms with van der Waals surface area (Å²) in [6, 6.07) is 20.7. The number of amides is 2. The summed E-state index contributed by atoms with van der Waals surface area (Å²) in [6.45, 7) is 1.70. The van der Waals surface area contributed by atoms with Crippen molar-refractivity contribution in [3.63, 3.8) is 0 Å². The van der Waals surface area contributed by atoms with Gasteiger partial charge in [0.15, 0.2) is 12.4 Å². The molecule has 6 rings (SSSR count). The molecule has 1 aliphatic heterocycles. The third-order valence-electron chi connectivity index (χ3n) is 8.35. The smallest absolute Gasteiger partial charge is 0.339 e. The molecule has 2 fully saturated rings. The lowest BCUT2D eigenvalue weighted by Gasteiger charge is -2.25. The van der Waals surface area contributed by atoms with Crippen molar-refractivity contribution < 1.29 is 28.7 Å². The van der Waals surface area contributed by atoms with Gasteiger partial charge in [0.2, 0.25) is 11.8 Å². The Bertz CT molecular complexity index is 1750. The van der Waals surface area contributed by atoms with Crippen LogP contribution in [0.25, 0.3) is 22.2 Å². The van der Waals surface area contributed by atoms with Crippen molar-refractivity contribution in [3.8, 4) is 17.0 Å². The number of ether oxygens (including phenoxy) is 2. The second-order valence-corrected chi connectivity index (χ2v) is 12.0. The number of methoxy groups -OCH3 is 1. The van der Waals surface area contributed by atoms with E-state index in [1.807, 2.05) is 6.07 Å². The molecule has 0 N–H and O–H groups in total. The fourth-order valence-corrected chi connectivity index (χ4v) is 6.37. The molecular formula is C34H29BrN2O6. The van der Waals surface area contributed by atoms with Crippen LogP contribution in [0.3, 0.4) is 0 Å². The molecule has 2 amide bonds. The third-order valence-corrected chi connectivity index (χ3v) is 8.84. The number of benzene rings is 3. The number of imide groups is 1. The molecule has 9 heteroatoms. The molecule has 1 saturated heterocycles. The van der Waals surface area contributed by atoms with Crippen molar-refractivity contribution >= 4 is 56.1 Å². The predicted molar refractivity (Wildman–Crippen MR) is 165 cm³/mol. The maximum atomic E-state index is 13.3. The fraction of sp³-hybridized carbons (Fsp3) is 0.265. The largest absolute Gasteiger partial charge is 0.497 e. The molecule has 2 heterocycles. The van der Waals surface area contributed by atoms with E-state index >= 15 is 0 Å². The van der Waals surface area contributed by atoms with Crippen LogP contribution in [-0.4, -0.2) is 42.3 Å². The lowest BCUT2D eigenvalue weighted by atomic mass is 9.76. The number of carbonyl (C=O) groups excluding carboxylic acids is 4. The molecule has 1 aromatic heterocycles. The number of pyridine rings is 1. The van der Waals surface area contributed by atoms with Gasteiger partial charge < -0.3 is 9.47 Å². The van der Waals surface area contributed by atoms with Crippen molar-refractivity contribution in [2.75, 3.05) is 18.6 Å². The summed E-state index contributed by atoms with van der Waals surface area (Å²) in [5.41, 5.74) is 2.97. The van der Waals surface area contributed by atoms with Crippen molar-refractivity contribution in [1.82, 2.24) is 4.98 Å². The molecule has 0 bridgehead atoms. The van der Waals surface area contributed by atoms with E-state index in [4.69, 9.17) is 14.5 Å². The van der Waals surface area contributed by atoms with Crippen LogP contribution in [0.4, 0.5) is 5.69 Å². The molecule has 2 aliphatic rings. The van der Waals surface area contributed by atoms with Crippen molar-refractivity contribution in [2.24, 2.45) is 17.8 Å². The van der Waals surface area contributed by atoms with Crippen molar-refractivity contribution in [2.45, 2.75) is 26.2 Å². The number of carbonyl (C=O) groups is 4. The zero-order valence-corrected chi connectivity index (χ0v) is 25.3. The van der Waals surface area contributed by atoms with Crippen molar-refractivity contribution in [3.05, 3.63) is 88.4 Å². The predicted octanol–water partition coefficient (Wildman–Crippen LogP) is 6.64. The highest BCUT2D eigenvalue weighted by Crippen LogP contribution is 2.42. The lowest BCUT2D eigenvalue weighted by molar-refractivity contribution is -0.122. The highest BCUT2D eigenvalue weighted by Gasteiger charge is 2.49. The van der Waals surface area contributed by atoms with Crippen LogP contribution in [-0.2, 0) is 14.3 Å². The van der Waals surface area contributed by atoms with E-state index in [-0.39, 0.29) is 35.0 Å². The Morgan fingerprint density at radius 1 is 0.930 bits per heavy atom. The standard InChI is InChI=1S/C34H29BrN2O6/c1-19-3-13-25-27(15-19)33(40)37(32(25)39)23-9-4-20(5-10-23)30-17-28(26-16-22(35)8-14-29(26)36-30)34(41)43-18-31(38)21-6-11-24(42-2)12-7-21/h4-12,14,16-17,19,25,27H,3,13,15,18H2,1-2H3. The Morgan fingerprint density at radius 3 is 2.37 bits per heavy atom. The number of fused-ring (bicyclic) bond motifs is 2. The molecule has 3 unspecified atom stereocenters. The normalized spacial score (nSPS) is 19.8. The van der Waals surface area contributed by atoms with Gasteiger partial charge in [-0.15, -0.1) is 0 Å². The molecule has 0 spiro atoms. The number of esters is 1. The summed E-state index contributed by atoms with van der Waals surface area (Å²) < 4.78 is 11.4. The van der Waals surface area contributed by atoms with Gasteiger partial charge in [-0.2, -0.15) is 0 Å². The Balaban J connectivity index is 1.26. The van der Waals surface area contributed by atoms with Crippen molar-refractivity contribution in [1.29, 1.82) is 0 Å². The zero-order valence-electron chi connectivity index (χ0n) is 23.7. The Kier molecular flexibility index (Phi) is 7.83. The SMILES string of the molecule is COc1ccc(C(=O)COC(=O)c2cc(-c3ccc(N4C(=O)C5CCC(C)CC5C4=O)cc3)nc3ccc(Br)cc23)cc1. The average Bonchev–Trinajstić information content (AvgIpc) is 3.27. The molecule has 3 atom stereocenters. The van der Waals surface area contributed by atoms with Crippen LogP contribution in [0.15, 0.2) is 77.3 Å². The number of halogens is 1. The van der Waals surface area contributed by atoms with E-state index < -0.39 is 12.6 Å². The second-order valence-electron chi connectivity index (χ2n) is 11.1. The molecule has 4 aromatic rings. The molecule has 1 saturated carbocycles. The average molecular weight is 642 g/mol. The molecule has 0 radical (unpaired) electrons. The highest BCUT2D eigenvalue weighted by molar-refractivity contribution is 9.10. The van der Waals surface area contributed by atoms with Gasteiger partial charge in [-0.25, -0.2) is 9.78 Å². The third kappa shape index (κ3) is 5.57. The van der Waals surface area contributed by atoms with Gasteiger partial charge in [-0.3, -0.25) is 19.3 Å².